The number of amides is 2. The van der Waals surface area contributed by atoms with E-state index in [0.29, 0.717) is 25.4 Å². The van der Waals surface area contributed by atoms with Gasteiger partial charge in [-0.1, -0.05) is 13.8 Å². The molecule has 1 atom stereocenters. The summed E-state index contributed by atoms with van der Waals surface area (Å²) in [7, 11) is 0. The quantitative estimate of drug-likeness (QED) is 0.790. The third kappa shape index (κ3) is 4.02. The molecule has 1 fully saturated rings. The molecule has 98 valence electrons. The fourth-order valence-electron chi connectivity index (χ4n) is 2.03. The third-order valence-electron chi connectivity index (χ3n) is 3.17. The molecule has 0 radical (unpaired) electrons. The normalized spacial score (nSPS) is 20.5. The number of nitrogens with zero attached hydrogens (tertiary/aromatic N) is 1. The second kappa shape index (κ2) is 6.03. The molecule has 1 heterocycles. The lowest BCUT2D eigenvalue weighted by Gasteiger charge is -2.20. The molecule has 4 heteroatoms. The van der Waals surface area contributed by atoms with Gasteiger partial charge in [-0.25, -0.2) is 0 Å². The smallest absolute Gasteiger partial charge is 0.225 e. The van der Waals surface area contributed by atoms with Crippen LogP contribution in [0.3, 0.4) is 0 Å². The highest BCUT2D eigenvalue weighted by molar-refractivity contribution is 5.89. The lowest BCUT2D eigenvalue weighted by Crippen LogP contribution is -2.36. The summed E-state index contributed by atoms with van der Waals surface area (Å²) in [4.78, 5) is 25.3. The fourth-order valence-corrected chi connectivity index (χ4v) is 2.03. The highest BCUT2D eigenvalue weighted by Crippen LogP contribution is 2.20. The van der Waals surface area contributed by atoms with E-state index < -0.39 is 0 Å². The first-order valence-corrected chi connectivity index (χ1v) is 6.49. The first-order valence-electron chi connectivity index (χ1n) is 6.49. The largest absolute Gasteiger partial charge is 0.356 e. The van der Waals surface area contributed by atoms with Gasteiger partial charge in [0.05, 0.1) is 5.92 Å². The van der Waals surface area contributed by atoms with Crippen LogP contribution >= 0.6 is 0 Å². The second-order valence-electron chi connectivity index (χ2n) is 5.51. The molecule has 0 bridgehead atoms. The van der Waals surface area contributed by atoms with Crippen LogP contribution in [0.15, 0.2) is 0 Å². The van der Waals surface area contributed by atoms with Crippen molar-refractivity contribution >= 4 is 11.8 Å². The standard InChI is InChI=1S/C13H24N2O2/c1-9(2)5-6-14-13(17)11-7-12(16)15(8-11)10(3)4/h9-11H,5-8H2,1-4H3,(H,14,17)/t11-/m0/s1. The molecule has 1 aliphatic heterocycles. The van der Waals surface area contributed by atoms with Gasteiger partial charge >= 0.3 is 0 Å². The van der Waals surface area contributed by atoms with Crippen molar-refractivity contribution in [2.24, 2.45) is 11.8 Å². The maximum atomic E-state index is 11.9. The second-order valence-corrected chi connectivity index (χ2v) is 5.51. The Labute approximate surface area is 104 Å². The molecule has 4 nitrogen and oxygen atoms in total. The van der Waals surface area contributed by atoms with E-state index >= 15 is 0 Å². The van der Waals surface area contributed by atoms with Crippen LogP contribution in [0.1, 0.15) is 40.5 Å². The summed E-state index contributed by atoms with van der Waals surface area (Å²) in [6.07, 6.45) is 1.35. The molecule has 0 saturated carbocycles. The van der Waals surface area contributed by atoms with Crippen LogP contribution in [-0.2, 0) is 9.59 Å². The predicted octanol–water partition coefficient (Wildman–Crippen LogP) is 1.41. The van der Waals surface area contributed by atoms with Gasteiger partial charge in [0.25, 0.3) is 0 Å². The van der Waals surface area contributed by atoms with Gasteiger partial charge in [0.15, 0.2) is 0 Å². The highest BCUT2D eigenvalue weighted by Gasteiger charge is 2.35. The molecule has 1 saturated heterocycles. The Kier molecular flexibility index (Phi) is 4.97. The first kappa shape index (κ1) is 14.0. The Morgan fingerprint density at radius 2 is 2.06 bits per heavy atom. The predicted molar refractivity (Wildman–Crippen MR) is 67.4 cm³/mol. The van der Waals surface area contributed by atoms with E-state index in [1.165, 1.54) is 0 Å². The van der Waals surface area contributed by atoms with Crippen molar-refractivity contribution in [3.8, 4) is 0 Å². The van der Waals surface area contributed by atoms with Gasteiger partial charge in [-0.05, 0) is 26.2 Å². The van der Waals surface area contributed by atoms with Crippen molar-refractivity contribution in [3.63, 3.8) is 0 Å². The van der Waals surface area contributed by atoms with Crippen molar-refractivity contribution < 1.29 is 9.59 Å². The third-order valence-corrected chi connectivity index (χ3v) is 3.17. The van der Waals surface area contributed by atoms with Gasteiger partial charge in [-0.2, -0.15) is 0 Å². The average Bonchev–Trinajstić information content (AvgIpc) is 2.59. The molecule has 0 spiro atoms. The summed E-state index contributed by atoms with van der Waals surface area (Å²) >= 11 is 0. The van der Waals surface area contributed by atoms with Gasteiger partial charge < -0.3 is 10.2 Å². The number of rotatable bonds is 5. The Bertz CT molecular complexity index is 287. The van der Waals surface area contributed by atoms with Crippen molar-refractivity contribution in [1.82, 2.24) is 10.2 Å². The summed E-state index contributed by atoms with van der Waals surface area (Å²) in [5.74, 6) is 0.566. The summed E-state index contributed by atoms with van der Waals surface area (Å²) in [6.45, 7) is 9.51. The fraction of sp³-hybridized carbons (Fsp3) is 0.846. The van der Waals surface area contributed by atoms with E-state index in [2.05, 4.69) is 19.2 Å². The molecule has 0 unspecified atom stereocenters. The van der Waals surface area contributed by atoms with E-state index in [0.717, 1.165) is 6.42 Å². The zero-order chi connectivity index (χ0) is 13.0. The molecule has 2 amide bonds. The summed E-state index contributed by atoms with van der Waals surface area (Å²) in [6, 6.07) is 0.191. The number of nitrogens with one attached hydrogen (secondary N) is 1. The van der Waals surface area contributed by atoms with Crippen molar-refractivity contribution in [2.45, 2.75) is 46.6 Å². The number of carbonyl (C=O) groups is 2. The maximum Gasteiger partial charge on any atom is 0.225 e. The Hall–Kier alpha value is -1.06. The van der Waals surface area contributed by atoms with Crippen LogP contribution in [-0.4, -0.2) is 35.8 Å². The zero-order valence-electron chi connectivity index (χ0n) is 11.3. The molecule has 1 rings (SSSR count). The molecule has 0 aromatic heterocycles. The molecule has 0 aromatic rings. The van der Waals surface area contributed by atoms with E-state index in [1.54, 1.807) is 4.90 Å². The Morgan fingerprint density at radius 1 is 1.41 bits per heavy atom. The number of likely N-dealkylation sites (tertiary alicyclic amines) is 1. The molecule has 17 heavy (non-hydrogen) atoms. The van der Waals surface area contributed by atoms with E-state index in [9.17, 15) is 9.59 Å². The van der Waals surface area contributed by atoms with E-state index in [-0.39, 0.29) is 23.8 Å². The Morgan fingerprint density at radius 3 is 2.53 bits per heavy atom. The van der Waals surface area contributed by atoms with Gasteiger partial charge in [0.2, 0.25) is 11.8 Å². The first-order chi connectivity index (χ1) is 7.91. The van der Waals surface area contributed by atoms with Crippen LogP contribution in [0.25, 0.3) is 0 Å². The van der Waals surface area contributed by atoms with Crippen LogP contribution in [0, 0.1) is 11.8 Å². The zero-order valence-corrected chi connectivity index (χ0v) is 11.3. The minimum Gasteiger partial charge on any atom is -0.356 e. The minimum absolute atomic E-state index is 0.0298. The van der Waals surface area contributed by atoms with Gasteiger partial charge in [-0.3, -0.25) is 9.59 Å². The summed E-state index contributed by atoms with van der Waals surface area (Å²) in [5, 5.41) is 2.92. The van der Waals surface area contributed by atoms with Crippen LogP contribution < -0.4 is 5.32 Å². The monoisotopic (exact) mass is 240 g/mol. The summed E-state index contributed by atoms with van der Waals surface area (Å²) in [5.41, 5.74) is 0. The SMILES string of the molecule is CC(C)CCNC(=O)[C@H]1CC(=O)N(C(C)C)C1. The Balaban J connectivity index is 2.37. The molecule has 0 aliphatic carbocycles. The topological polar surface area (TPSA) is 49.4 Å². The number of hydrogen-bond donors (Lipinski definition) is 1. The van der Waals surface area contributed by atoms with Gasteiger partial charge in [-0.15, -0.1) is 0 Å². The number of carbonyl (C=O) groups excluding carboxylic acids is 2. The molecule has 0 aromatic carbocycles. The van der Waals surface area contributed by atoms with E-state index in [4.69, 9.17) is 0 Å². The lowest BCUT2D eigenvalue weighted by molar-refractivity contribution is -0.129. The van der Waals surface area contributed by atoms with Crippen molar-refractivity contribution in [3.05, 3.63) is 0 Å². The number of hydrogen-bond acceptors (Lipinski definition) is 2. The van der Waals surface area contributed by atoms with Crippen LogP contribution in [0.2, 0.25) is 0 Å². The van der Waals surface area contributed by atoms with Gasteiger partial charge in [0, 0.05) is 25.6 Å². The van der Waals surface area contributed by atoms with Crippen LogP contribution in [0.5, 0.6) is 0 Å². The van der Waals surface area contributed by atoms with Crippen molar-refractivity contribution in [2.75, 3.05) is 13.1 Å². The summed E-state index contributed by atoms with van der Waals surface area (Å²) < 4.78 is 0. The molecule has 1 N–H and O–H groups in total. The maximum absolute atomic E-state index is 11.9. The van der Waals surface area contributed by atoms with Crippen molar-refractivity contribution in [1.29, 1.82) is 0 Å². The minimum atomic E-state index is -0.155. The van der Waals surface area contributed by atoms with Crippen LogP contribution in [0.4, 0.5) is 0 Å². The average molecular weight is 240 g/mol. The lowest BCUT2D eigenvalue weighted by atomic mass is 10.1. The molecule has 1 aliphatic rings. The highest BCUT2D eigenvalue weighted by atomic mass is 16.2. The molecular formula is C13H24N2O2. The van der Waals surface area contributed by atoms with Gasteiger partial charge in [0.1, 0.15) is 0 Å². The molecular weight excluding hydrogens is 216 g/mol. The van der Waals surface area contributed by atoms with E-state index in [1.807, 2.05) is 13.8 Å².